The van der Waals surface area contributed by atoms with Crippen molar-refractivity contribution in [2.75, 3.05) is 26.0 Å². The molecule has 0 bridgehead atoms. The summed E-state index contributed by atoms with van der Waals surface area (Å²) in [5, 5.41) is 12.7. The van der Waals surface area contributed by atoms with E-state index in [9.17, 15) is 14.6 Å². The molecule has 0 saturated heterocycles. The molecule has 1 amide bonds. The Balaban J connectivity index is 1.72. The SMILES string of the molecule is CN(C)CC=CC(=O)Nc1cncc(-c2cnc3c(c2)c(-c2ccnc(C#N)c2)cn3COP(=O)(O)O)c1. The zero-order valence-electron chi connectivity index (χ0n) is 20.5. The lowest BCUT2D eigenvalue weighted by atomic mass is 10.0. The van der Waals surface area contributed by atoms with Crippen molar-refractivity contribution in [2.45, 2.75) is 6.73 Å². The fourth-order valence-electron chi connectivity index (χ4n) is 3.67. The first-order valence-electron chi connectivity index (χ1n) is 11.3. The Morgan fingerprint density at radius 2 is 1.97 bits per heavy atom. The summed E-state index contributed by atoms with van der Waals surface area (Å²) in [5.41, 5.74) is 3.83. The highest BCUT2D eigenvalue weighted by molar-refractivity contribution is 7.46. The molecule has 13 heteroatoms. The molecule has 0 unspecified atom stereocenters. The smallest absolute Gasteiger partial charge is 0.321 e. The standard InChI is InChI=1S/C25H24N7O5P/c1-31(2)7-3-4-24(33)30-21-9-18(12-27-14-21)19-10-22-23(17-5-6-28-20(8-17)11-26)15-32(25(22)29-13-19)16-37-38(34,35)36/h3-6,8-10,12-15H,7,16H2,1-2H3,(H,30,33)(H2,34,35,36). The molecular weight excluding hydrogens is 509 g/mol. The van der Waals surface area contributed by atoms with Crippen molar-refractivity contribution in [3.63, 3.8) is 0 Å². The molecule has 0 aliphatic carbocycles. The van der Waals surface area contributed by atoms with E-state index in [1.165, 1.54) is 23.0 Å². The Kier molecular flexibility index (Phi) is 8.07. The lowest BCUT2D eigenvalue weighted by Gasteiger charge is -2.08. The van der Waals surface area contributed by atoms with Gasteiger partial charge in [0.1, 0.15) is 24.1 Å². The van der Waals surface area contributed by atoms with Gasteiger partial charge >= 0.3 is 7.82 Å². The van der Waals surface area contributed by atoms with Crippen LogP contribution in [0.15, 0.2) is 67.4 Å². The average Bonchev–Trinajstić information content (AvgIpc) is 3.25. The molecule has 0 aliphatic heterocycles. The zero-order chi connectivity index (χ0) is 27.3. The van der Waals surface area contributed by atoms with E-state index in [-0.39, 0.29) is 11.6 Å². The van der Waals surface area contributed by atoms with Gasteiger partial charge in [-0.05, 0) is 43.9 Å². The number of carbonyl (C=O) groups excluding carboxylic acids is 1. The maximum atomic E-state index is 12.3. The van der Waals surface area contributed by atoms with E-state index >= 15 is 0 Å². The summed E-state index contributed by atoms with van der Waals surface area (Å²) in [4.78, 5) is 45.3. The fourth-order valence-corrected chi connectivity index (χ4v) is 3.95. The summed E-state index contributed by atoms with van der Waals surface area (Å²) in [7, 11) is -0.914. The van der Waals surface area contributed by atoms with Gasteiger partial charge in [-0.3, -0.25) is 14.3 Å². The van der Waals surface area contributed by atoms with Crippen LogP contribution in [0.25, 0.3) is 33.3 Å². The number of phosphoric acid groups is 1. The average molecular weight is 533 g/mol. The first-order valence-corrected chi connectivity index (χ1v) is 12.8. The van der Waals surface area contributed by atoms with Crippen molar-refractivity contribution in [1.82, 2.24) is 24.4 Å². The van der Waals surface area contributed by atoms with Crippen LogP contribution >= 0.6 is 7.82 Å². The fraction of sp³-hybridized carbons (Fsp3) is 0.160. The third-order valence-electron chi connectivity index (χ3n) is 5.34. The molecule has 0 radical (unpaired) electrons. The van der Waals surface area contributed by atoms with E-state index < -0.39 is 14.6 Å². The summed E-state index contributed by atoms with van der Waals surface area (Å²) in [6, 6.07) is 8.94. The second kappa shape index (κ2) is 11.4. The Labute approximate surface area is 218 Å². The van der Waals surface area contributed by atoms with Crippen molar-refractivity contribution in [1.29, 1.82) is 5.26 Å². The number of anilines is 1. The van der Waals surface area contributed by atoms with Crippen LogP contribution in [0.3, 0.4) is 0 Å². The largest absolute Gasteiger partial charge is 0.471 e. The van der Waals surface area contributed by atoms with Crippen LogP contribution < -0.4 is 5.32 Å². The summed E-state index contributed by atoms with van der Waals surface area (Å²) in [5.74, 6) is -0.283. The number of hydrogen-bond acceptors (Lipinski definition) is 8. The maximum Gasteiger partial charge on any atom is 0.471 e. The van der Waals surface area contributed by atoms with Crippen LogP contribution in [0.2, 0.25) is 0 Å². The van der Waals surface area contributed by atoms with Gasteiger partial charge in [-0.1, -0.05) is 6.08 Å². The van der Waals surface area contributed by atoms with Crippen molar-refractivity contribution < 1.29 is 23.7 Å². The molecule has 3 N–H and O–H groups in total. The van der Waals surface area contributed by atoms with Crippen molar-refractivity contribution in [2.24, 2.45) is 0 Å². The highest BCUT2D eigenvalue weighted by atomic mass is 31.2. The highest BCUT2D eigenvalue weighted by Gasteiger charge is 2.18. The van der Waals surface area contributed by atoms with Crippen molar-refractivity contribution >= 4 is 30.5 Å². The van der Waals surface area contributed by atoms with Crippen molar-refractivity contribution in [3.8, 4) is 28.3 Å². The number of amides is 1. The Bertz CT molecular complexity index is 1600. The van der Waals surface area contributed by atoms with E-state index in [0.29, 0.717) is 45.5 Å². The van der Waals surface area contributed by atoms with Gasteiger partial charge in [0.2, 0.25) is 5.91 Å². The van der Waals surface area contributed by atoms with Gasteiger partial charge in [0.25, 0.3) is 0 Å². The number of rotatable bonds is 9. The quantitative estimate of drug-likeness (QED) is 0.215. The second-order valence-corrected chi connectivity index (χ2v) is 9.75. The number of hydrogen-bond donors (Lipinski definition) is 3. The van der Waals surface area contributed by atoms with Gasteiger partial charge in [-0.15, -0.1) is 0 Å². The number of fused-ring (bicyclic) bond motifs is 1. The first kappa shape index (κ1) is 26.8. The highest BCUT2D eigenvalue weighted by Crippen LogP contribution is 2.38. The van der Waals surface area contributed by atoms with Crippen LogP contribution in [0, 0.1) is 11.3 Å². The van der Waals surface area contributed by atoms with E-state index in [1.807, 2.05) is 31.1 Å². The van der Waals surface area contributed by atoms with E-state index in [2.05, 4.69) is 20.3 Å². The van der Waals surface area contributed by atoms with Crippen LogP contribution in [0.4, 0.5) is 5.69 Å². The number of nitrogens with zero attached hydrogens (tertiary/aromatic N) is 6. The minimum Gasteiger partial charge on any atom is -0.321 e. The summed E-state index contributed by atoms with van der Waals surface area (Å²) < 4.78 is 17.4. The molecule has 4 aromatic rings. The van der Waals surface area contributed by atoms with Crippen LogP contribution in [-0.4, -0.2) is 60.8 Å². The number of phosphoric ester groups is 1. The molecule has 0 aliphatic rings. The van der Waals surface area contributed by atoms with Crippen LogP contribution in [0.5, 0.6) is 0 Å². The third kappa shape index (κ3) is 6.74. The minimum absolute atomic E-state index is 0.214. The lowest BCUT2D eigenvalue weighted by Crippen LogP contribution is -2.13. The normalized spacial score (nSPS) is 11.8. The molecule has 38 heavy (non-hydrogen) atoms. The number of nitrogens with one attached hydrogen (secondary N) is 1. The topological polar surface area (TPSA) is 166 Å². The van der Waals surface area contributed by atoms with E-state index in [0.717, 1.165) is 0 Å². The minimum atomic E-state index is -4.72. The first-order chi connectivity index (χ1) is 18.1. The van der Waals surface area contributed by atoms with Gasteiger partial charge < -0.3 is 24.6 Å². The molecule has 4 heterocycles. The molecule has 4 rings (SSSR count). The van der Waals surface area contributed by atoms with Gasteiger partial charge in [-0.2, -0.15) is 5.26 Å². The number of aromatic nitrogens is 4. The molecule has 0 spiro atoms. The molecule has 194 valence electrons. The Morgan fingerprint density at radius 3 is 2.71 bits per heavy atom. The zero-order valence-corrected chi connectivity index (χ0v) is 21.4. The lowest BCUT2D eigenvalue weighted by molar-refractivity contribution is -0.111. The third-order valence-corrected chi connectivity index (χ3v) is 5.80. The van der Waals surface area contributed by atoms with E-state index in [4.69, 9.17) is 14.3 Å². The van der Waals surface area contributed by atoms with Gasteiger partial charge in [-0.25, -0.2) is 14.5 Å². The Morgan fingerprint density at radius 1 is 1.18 bits per heavy atom. The molecule has 0 atom stereocenters. The van der Waals surface area contributed by atoms with Crippen LogP contribution in [0.1, 0.15) is 5.69 Å². The Hall–Kier alpha value is -4.24. The van der Waals surface area contributed by atoms with Gasteiger partial charge in [0.15, 0.2) is 0 Å². The van der Waals surface area contributed by atoms with E-state index in [1.54, 1.807) is 42.9 Å². The number of nitriles is 1. The second-order valence-electron chi connectivity index (χ2n) is 8.51. The molecule has 0 fully saturated rings. The van der Waals surface area contributed by atoms with Crippen LogP contribution in [-0.2, 0) is 20.6 Å². The monoisotopic (exact) mass is 533 g/mol. The summed E-state index contributed by atoms with van der Waals surface area (Å²) >= 11 is 0. The summed E-state index contributed by atoms with van der Waals surface area (Å²) in [6.07, 6.45) is 11.1. The molecule has 0 aromatic carbocycles. The summed E-state index contributed by atoms with van der Waals surface area (Å²) in [6.45, 7) is 0.194. The molecule has 12 nitrogen and oxygen atoms in total. The molecular formula is C25H24N7O5P. The molecule has 0 saturated carbocycles. The number of pyridine rings is 3. The maximum absolute atomic E-state index is 12.3. The number of carbonyl (C=O) groups is 1. The predicted molar refractivity (Wildman–Crippen MR) is 140 cm³/mol. The number of likely N-dealkylation sites (N-methyl/N-ethyl adjacent to an activating group) is 1. The molecule has 4 aromatic heterocycles. The van der Waals surface area contributed by atoms with Gasteiger partial charge in [0, 0.05) is 59.5 Å². The predicted octanol–water partition coefficient (Wildman–Crippen LogP) is 3.16. The van der Waals surface area contributed by atoms with Crippen molar-refractivity contribution in [3.05, 3.63) is 73.1 Å². The van der Waals surface area contributed by atoms with Gasteiger partial charge in [0.05, 0.1) is 11.9 Å².